The van der Waals surface area contributed by atoms with Gasteiger partial charge in [0.05, 0.1) is 0 Å². The Morgan fingerprint density at radius 1 is 0.889 bits per heavy atom. The van der Waals surface area contributed by atoms with Crippen molar-refractivity contribution in [2.75, 3.05) is 0 Å². The summed E-state index contributed by atoms with van der Waals surface area (Å²) in [6.45, 7) is 6.50. The summed E-state index contributed by atoms with van der Waals surface area (Å²) in [6, 6.07) is 0. The van der Waals surface area contributed by atoms with Gasteiger partial charge in [-0.15, -0.1) is 0 Å². The molecule has 108 valence electrons. The van der Waals surface area contributed by atoms with E-state index in [-0.39, 0.29) is 12.1 Å². The Labute approximate surface area is 113 Å². The summed E-state index contributed by atoms with van der Waals surface area (Å²) in [5, 5.41) is 0. The molecule has 0 bridgehead atoms. The van der Waals surface area contributed by atoms with E-state index in [0.717, 1.165) is 25.7 Å². The van der Waals surface area contributed by atoms with Crippen molar-refractivity contribution in [1.29, 1.82) is 0 Å². The summed E-state index contributed by atoms with van der Waals surface area (Å²) in [5.74, 6) is 0.00782. The first-order valence-corrected chi connectivity index (χ1v) is 7.94. The van der Waals surface area contributed by atoms with Crippen LogP contribution >= 0.6 is 0 Å². The van der Waals surface area contributed by atoms with Gasteiger partial charge in [0, 0.05) is 6.42 Å². The van der Waals surface area contributed by atoms with Crippen LogP contribution in [0.1, 0.15) is 91.4 Å². The normalized spacial score (nSPS) is 12.4. The third-order valence-corrected chi connectivity index (χ3v) is 3.37. The summed E-state index contributed by atoms with van der Waals surface area (Å²) >= 11 is 0. The Hall–Kier alpha value is -0.530. The maximum atomic E-state index is 11.6. The lowest BCUT2D eigenvalue weighted by molar-refractivity contribution is -0.149. The number of unbranched alkanes of at least 4 members (excludes halogenated alkanes) is 6. The third-order valence-electron chi connectivity index (χ3n) is 3.37. The number of rotatable bonds is 12. The Bertz CT molecular complexity index is 190. The van der Waals surface area contributed by atoms with E-state index in [1.807, 2.05) is 0 Å². The molecule has 0 aliphatic carbocycles. The van der Waals surface area contributed by atoms with Gasteiger partial charge in [0.1, 0.15) is 6.10 Å². The molecule has 0 aromatic rings. The fourth-order valence-electron chi connectivity index (χ4n) is 2.09. The van der Waals surface area contributed by atoms with Crippen molar-refractivity contribution >= 4 is 5.97 Å². The van der Waals surface area contributed by atoms with E-state index in [9.17, 15) is 4.79 Å². The molecule has 0 aromatic heterocycles. The maximum absolute atomic E-state index is 11.6. The standard InChI is InChI=1S/C16H32O2/c1-4-7-9-11-13-15(6-3)18-16(17)14-12-10-8-5-2/h15H,4-14H2,1-3H3/t15-/m1/s1. The quantitative estimate of drug-likeness (QED) is 0.352. The highest BCUT2D eigenvalue weighted by atomic mass is 16.5. The van der Waals surface area contributed by atoms with E-state index in [2.05, 4.69) is 20.8 Å². The molecule has 0 spiro atoms. The van der Waals surface area contributed by atoms with Crippen LogP contribution in [-0.2, 0) is 9.53 Å². The van der Waals surface area contributed by atoms with Crippen molar-refractivity contribution in [3.63, 3.8) is 0 Å². The summed E-state index contributed by atoms with van der Waals surface area (Å²) < 4.78 is 5.52. The van der Waals surface area contributed by atoms with Gasteiger partial charge in [-0.2, -0.15) is 0 Å². The summed E-state index contributed by atoms with van der Waals surface area (Å²) in [6.07, 6.45) is 12.3. The monoisotopic (exact) mass is 256 g/mol. The predicted octanol–water partition coefficient (Wildman–Crippen LogP) is 5.25. The minimum atomic E-state index is 0.00782. The van der Waals surface area contributed by atoms with E-state index in [1.54, 1.807) is 0 Å². The molecular weight excluding hydrogens is 224 g/mol. The molecule has 0 amide bonds. The SMILES string of the molecule is CCCCCCC(=O)O[C@H](CC)CCCCCC. The van der Waals surface area contributed by atoms with Gasteiger partial charge in [0.15, 0.2) is 0 Å². The van der Waals surface area contributed by atoms with Crippen LogP contribution in [0.3, 0.4) is 0 Å². The van der Waals surface area contributed by atoms with Crippen LogP contribution in [0, 0.1) is 0 Å². The van der Waals surface area contributed by atoms with Crippen molar-refractivity contribution in [2.45, 2.75) is 97.5 Å². The zero-order chi connectivity index (χ0) is 13.6. The van der Waals surface area contributed by atoms with Crippen LogP contribution in [0.5, 0.6) is 0 Å². The zero-order valence-electron chi connectivity index (χ0n) is 12.7. The van der Waals surface area contributed by atoms with Crippen LogP contribution in [0.15, 0.2) is 0 Å². The molecule has 0 aromatic carbocycles. The van der Waals surface area contributed by atoms with E-state index >= 15 is 0 Å². The van der Waals surface area contributed by atoms with Crippen LogP contribution in [0.25, 0.3) is 0 Å². The van der Waals surface area contributed by atoms with Crippen LogP contribution in [-0.4, -0.2) is 12.1 Å². The molecule has 2 nitrogen and oxygen atoms in total. The van der Waals surface area contributed by atoms with Gasteiger partial charge >= 0.3 is 5.97 Å². The molecule has 2 heteroatoms. The average Bonchev–Trinajstić information content (AvgIpc) is 2.38. The van der Waals surface area contributed by atoms with Crippen LogP contribution < -0.4 is 0 Å². The predicted molar refractivity (Wildman–Crippen MR) is 77.7 cm³/mol. The van der Waals surface area contributed by atoms with E-state index in [0.29, 0.717) is 6.42 Å². The highest BCUT2D eigenvalue weighted by molar-refractivity contribution is 5.69. The second kappa shape index (κ2) is 12.9. The Morgan fingerprint density at radius 2 is 1.50 bits per heavy atom. The molecule has 0 saturated carbocycles. The average molecular weight is 256 g/mol. The van der Waals surface area contributed by atoms with Crippen molar-refractivity contribution < 1.29 is 9.53 Å². The van der Waals surface area contributed by atoms with Gasteiger partial charge in [-0.25, -0.2) is 0 Å². The smallest absolute Gasteiger partial charge is 0.306 e. The molecular formula is C16H32O2. The van der Waals surface area contributed by atoms with Gasteiger partial charge in [0.2, 0.25) is 0 Å². The second-order valence-electron chi connectivity index (χ2n) is 5.18. The summed E-state index contributed by atoms with van der Waals surface area (Å²) in [4.78, 5) is 11.6. The third kappa shape index (κ3) is 10.6. The number of carbonyl (C=O) groups excluding carboxylic acids is 1. The lowest BCUT2D eigenvalue weighted by Crippen LogP contribution is -2.17. The molecule has 0 saturated heterocycles. The second-order valence-corrected chi connectivity index (χ2v) is 5.18. The Morgan fingerprint density at radius 3 is 2.06 bits per heavy atom. The molecule has 0 unspecified atom stereocenters. The highest BCUT2D eigenvalue weighted by Gasteiger charge is 2.11. The molecule has 0 aliphatic heterocycles. The molecule has 0 fully saturated rings. The minimum absolute atomic E-state index is 0.00782. The molecule has 0 N–H and O–H groups in total. The summed E-state index contributed by atoms with van der Waals surface area (Å²) in [5.41, 5.74) is 0. The number of ether oxygens (including phenoxy) is 1. The summed E-state index contributed by atoms with van der Waals surface area (Å²) in [7, 11) is 0. The molecule has 0 aliphatic rings. The fourth-order valence-corrected chi connectivity index (χ4v) is 2.09. The first-order chi connectivity index (χ1) is 8.74. The molecule has 18 heavy (non-hydrogen) atoms. The number of hydrogen-bond donors (Lipinski definition) is 0. The minimum Gasteiger partial charge on any atom is -0.462 e. The van der Waals surface area contributed by atoms with Gasteiger partial charge < -0.3 is 4.74 Å². The van der Waals surface area contributed by atoms with Gasteiger partial charge in [-0.3, -0.25) is 4.79 Å². The van der Waals surface area contributed by atoms with Gasteiger partial charge in [-0.05, 0) is 25.7 Å². The van der Waals surface area contributed by atoms with Crippen molar-refractivity contribution in [1.82, 2.24) is 0 Å². The molecule has 0 rings (SSSR count). The largest absolute Gasteiger partial charge is 0.462 e. The molecule has 0 radical (unpaired) electrons. The Kier molecular flexibility index (Phi) is 12.5. The van der Waals surface area contributed by atoms with Crippen molar-refractivity contribution in [2.24, 2.45) is 0 Å². The van der Waals surface area contributed by atoms with Crippen molar-refractivity contribution in [3.8, 4) is 0 Å². The Balaban J connectivity index is 3.59. The maximum Gasteiger partial charge on any atom is 0.306 e. The van der Waals surface area contributed by atoms with Crippen LogP contribution in [0.4, 0.5) is 0 Å². The van der Waals surface area contributed by atoms with Gasteiger partial charge in [0.25, 0.3) is 0 Å². The molecule has 0 heterocycles. The molecule has 1 atom stereocenters. The van der Waals surface area contributed by atoms with E-state index < -0.39 is 0 Å². The number of hydrogen-bond acceptors (Lipinski definition) is 2. The number of carbonyl (C=O) groups is 1. The fraction of sp³-hybridized carbons (Fsp3) is 0.938. The van der Waals surface area contributed by atoms with Crippen molar-refractivity contribution in [3.05, 3.63) is 0 Å². The topological polar surface area (TPSA) is 26.3 Å². The van der Waals surface area contributed by atoms with Gasteiger partial charge in [-0.1, -0.05) is 59.3 Å². The van der Waals surface area contributed by atoms with E-state index in [1.165, 1.54) is 38.5 Å². The zero-order valence-corrected chi connectivity index (χ0v) is 12.7. The lowest BCUT2D eigenvalue weighted by atomic mass is 10.1. The lowest BCUT2D eigenvalue weighted by Gasteiger charge is -2.16. The first kappa shape index (κ1) is 17.5. The van der Waals surface area contributed by atoms with Crippen LogP contribution in [0.2, 0.25) is 0 Å². The first-order valence-electron chi connectivity index (χ1n) is 7.94. The van der Waals surface area contributed by atoms with E-state index in [4.69, 9.17) is 4.74 Å². The number of esters is 1. The highest BCUT2D eigenvalue weighted by Crippen LogP contribution is 2.13.